The van der Waals surface area contributed by atoms with Crippen molar-refractivity contribution in [3.8, 4) is 0 Å². The van der Waals surface area contributed by atoms with Gasteiger partial charge in [0.1, 0.15) is 6.10 Å². The highest BCUT2D eigenvalue weighted by Crippen LogP contribution is 2.17. The third kappa shape index (κ3) is 48.0. The van der Waals surface area contributed by atoms with E-state index in [0.717, 1.165) is 64.2 Å². The van der Waals surface area contributed by atoms with Crippen LogP contribution < -0.4 is 5.32 Å². The van der Waals surface area contributed by atoms with Crippen molar-refractivity contribution in [2.45, 2.75) is 302 Å². The van der Waals surface area contributed by atoms with Gasteiger partial charge in [0.15, 0.2) is 0 Å². The van der Waals surface area contributed by atoms with Crippen molar-refractivity contribution in [3.05, 3.63) is 60.8 Å². The van der Waals surface area contributed by atoms with E-state index in [-0.39, 0.29) is 24.9 Å². The van der Waals surface area contributed by atoms with Crippen LogP contribution in [0.5, 0.6) is 0 Å². The Morgan fingerprint density at radius 2 is 0.788 bits per heavy atom. The number of hydrogen-bond acceptors (Lipinski definition) is 5. The fourth-order valence-corrected chi connectivity index (χ4v) is 8.57. The van der Waals surface area contributed by atoms with Gasteiger partial charge in [-0.25, -0.2) is 0 Å². The molecule has 1 amide bonds. The Labute approximate surface area is 409 Å². The maximum atomic E-state index is 13.2. The molecule has 0 aliphatic heterocycles. The Balaban J connectivity index is 4.62. The highest BCUT2D eigenvalue weighted by molar-refractivity contribution is 5.78. The van der Waals surface area contributed by atoms with E-state index >= 15 is 0 Å². The molecular formula is C60H109NO5. The molecule has 6 nitrogen and oxygen atoms in total. The van der Waals surface area contributed by atoms with E-state index in [4.69, 9.17) is 4.74 Å². The summed E-state index contributed by atoms with van der Waals surface area (Å²) in [7, 11) is 0. The molecule has 0 aromatic heterocycles. The average Bonchev–Trinajstić information content (AvgIpc) is 3.31. The van der Waals surface area contributed by atoms with Crippen molar-refractivity contribution in [2.24, 2.45) is 0 Å². The van der Waals surface area contributed by atoms with Gasteiger partial charge in [-0.2, -0.15) is 0 Å². The summed E-state index contributed by atoms with van der Waals surface area (Å²) in [5, 5.41) is 23.8. The number of aliphatic hydroxyl groups excluding tert-OH is 2. The highest BCUT2D eigenvalue weighted by Gasteiger charge is 2.23. The first-order valence-corrected chi connectivity index (χ1v) is 28.5. The first kappa shape index (κ1) is 63.6. The normalized spacial score (nSPS) is 13.6. The van der Waals surface area contributed by atoms with Crippen LogP contribution in [0.15, 0.2) is 60.8 Å². The number of carbonyl (C=O) groups is 2. The Hall–Kier alpha value is -2.44. The lowest BCUT2D eigenvalue weighted by molar-refractivity contribution is -0.148. The number of unbranched alkanes of at least 4 members (excludes halogenated alkanes) is 31. The molecule has 384 valence electrons. The number of hydrogen-bond donors (Lipinski definition) is 3. The average molecular weight is 925 g/mol. The minimum Gasteiger partial charge on any atom is -0.458 e. The van der Waals surface area contributed by atoms with Gasteiger partial charge in [0.05, 0.1) is 25.2 Å². The van der Waals surface area contributed by atoms with Gasteiger partial charge in [0, 0.05) is 6.42 Å². The zero-order valence-electron chi connectivity index (χ0n) is 43.8. The van der Waals surface area contributed by atoms with Crippen LogP contribution >= 0.6 is 0 Å². The van der Waals surface area contributed by atoms with Gasteiger partial charge in [-0.05, 0) is 51.0 Å². The van der Waals surface area contributed by atoms with Crippen LogP contribution in [0.1, 0.15) is 284 Å². The van der Waals surface area contributed by atoms with E-state index < -0.39 is 18.2 Å². The van der Waals surface area contributed by atoms with E-state index in [9.17, 15) is 19.8 Å². The fourth-order valence-electron chi connectivity index (χ4n) is 8.57. The van der Waals surface area contributed by atoms with Gasteiger partial charge in [-0.1, -0.05) is 281 Å². The highest BCUT2D eigenvalue weighted by atomic mass is 16.5. The molecule has 0 aromatic carbocycles. The minimum atomic E-state index is -0.819. The predicted octanol–water partition coefficient (Wildman–Crippen LogP) is 17.6. The molecule has 0 saturated carbocycles. The number of rotatable bonds is 51. The second-order valence-corrected chi connectivity index (χ2v) is 19.3. The van der Waals surface area contributed by atoms with Crippen LogP contribution in [0.2, 0.25) is 0 Å². The summed E-state index contributed by atoms with van der Waals surface area (Å²) in [5.41, 5.74) is 0. The molecule has 0 rings (SSSR count). The van der Waals surface area contributed by atoms with Crippen molar-refractivity contribution in [1.82, 2.24) is 5.32 Å². The molecular weight excluding hydrogens is 815 g/mol. The van der Waals surface area contributed by atoms with E-state index in [1.54, 1.807) is 0 Å². The molecule has 0 heterocycles. The third-order valence-corrected chi connectivity index (χ3v) is 12.9. The van der Waals surface area contributed by atoms with E-state index in [1.165, 1.54) is 173 Å². The van der Waals surface area contributed by atoms with Crippen LogP contribution in [-0.2, 0) is 14.3 Å². The minimum absolute atomic E-state index is 0.0439. The molecule has 0 aliphatic carbocycles. The van der Waals surface area contributed by atoms with Gasteiger partial charge < -0.3 is 20.3 Å². The monoisotopic (exact) mass is 924 g/mol. The zero-order valence-corrected chi connectivity index (χ0v) is 43.8. The lowest BCUT2D eigenvalue weighted by Crippen LogP contribution is -2.46. The molecule has 3 N–H and O–H groups in total. The zero-order chi connectivity index (χ0) is 48.1. The molecule has 0 aromatic rings. The van der Waals surface area contributed by atoms with E-state index in [2.05, 4.69) is 74.7 Å². The number of nitrogens with one attached hydrogen (secondary N) is 1. The first-order valence-electron chi connectivity index (χ1n) is 28.5. The number of carbonyl (C=O) groups excluding carboxylic acids is 2. The van der Waals surface area contributed by atoms with Crippen molar-refractivity contribution in [1.29, 1.82) is 0 Å². The smallest absolute Gasteiger partial charge is 0.306 e. The molecule has 0 saturated heterocycles. The Morgan fingerprint density at radius 3 is 1.15 bits per heavy atom. The summed E-state index contributed by atoms with van der Waals surface area (Å²) in [6.07, 6.45) is 67.5. The molecule has 0 aliphatic rings. The van der Waals surface area contributed by atoms with E-state index in [1.807, 2.05) is 12.2 Å². The number of aliphatic hydroxyl groups is 2. The molecule has 0 fully saturated rings. The lowest BCUT2D eigenvalue weighted by Gasteiger charge is -2.23. The van der Waals surface area contributed by atoms with Crippen LogP contribution in [0, 0.1) is 0 Å². The third-order valence-electron chi connectivity index (χ3n) is 12.9. The van der Waals surface area contributed by atoms with Crippen molar-refractivity contribution in [2.75, 3.05) is 6.61 Å². The lowest BCUT2D eigenvalue weighted by atomic mass is 10.0. The second kappa shape index (κ2) is 53.5. The molecule has 0 radical (unpaired) electrons. The Bertz CT molecular complexity index is 1170. The molecule has 0 bridgehead atoms. The van der Waals surface area contributed by atoms with Gasteiger partial charge in [-0.3, -0.25) is 9.59 Å². The van der Waals surface area contributed by atoms with Crippen molar-refractivity contribution in [3.63, 3.8) is 0 Å². The Morgan fingerprint density at radius 1 is 0.455 bits per heavy atom. The summed E-state index contributed by atoms with van der Waals surface area (Å²) in [5.74, 6) is -0.617. The maximum absolute atomic E-state index is 13.2. The van der Waals surface area contributed by atoms with Crippen LogP contribution in [0.25, 0.3) is 0 Å². The van der Waals surface area contributed by atoms with Gasteiger partial charge in [0.2, 0.25) is 5.91 Å². The summed E-state index contributed by atoms with van der Waals surface area (Å²) in [6, 6.07) is -0.742. The van der Waals surface area contributed by atoms with Crippen molar-refractivity contribution < 1.29 is 24.5 Å². The molecule has 6 heteroatoms. The van der Waals surface area contributed by atoms with Gasteiger partial charge in [-0.15, -0.1) is 0 Å². The summed E-state index contributed by atoms with van der Waals surface area (Å²) >= 11 is 0. The molecule has 3 atom stereocenters. The summed E-state index contributed by atoms with van der Waals surface area (Å²) in [4.78, 5) is 26.2. The second-order valence-electron chi connectivity index (χ2n) is 19.3. The topological polar surface area (TPSA) is 95.9 Å². The summed E-state index contributed by atoms with van der Waals surface area (Å²) < 4.78 is 5.85. The molecule has 0 spiro atoms. The first-order chi connectivity index (χ1) is 32.5. The number of esters is 1. The maximum Gasteiger partial charge on any atom is 0.306 e. The SMILES string of the molecule is CC/C=C/C/C=C/C/C=C/C/C=C/C/C=C/C(CC(=O)NC(CO)C(O)CCCCCCCCCCCCCCCCC)OC(=O)CCCCCCCCCCCCCCCCCCCC. The largest absolute Gasteiger partial charge is 0.458 e. The number of ether oxygens (including phenoxy) is 1. The van der Waals surface area contributed by atoms with Crippen LogP contribution in [0.3, 0.4) is 0 Å². The van der Waals surface area contributed by atoms with Crippen LogP contribution in [0.4, 0.5) is 0 Å². The molecule has 66 heavy (non-hydrogen) atoms. The number of allylic oxidation sites excluding steroid dienone is 9. The van der Waals surface area contributed by atoms with Gasteiger partial charge in [0.25, 0.3) is 0 Å². The van der Waals surface area contributed by atoms with Crippen molar-refractivity contribution >= 4 is 11.9 Å². The Kier molecular flexibility index (Phi) is 51.5. The quantitative estimate of drug-likeness (QED) is 0.0321. The standard InChI is InChI=1S/C60H109NO5/c1-4-7-10-13-16-19-22-25-28-29-30-32-35-38-41-44-47-50-53-60(65)66-56(51-48-45-42-39-36-33-27-24-21-18-15-12-9-6-3)54-59(64)61-57(55-62)58(63)52-49-46-43-40-37-34-31-26-23-20-17-14-11-8-5-2/h9,12,18,21,27,33,39,42,48,51,56-58,62-63H,4-8,10-11,13-17,19-20,22-26,28-32,34-38,40-41,43-47,49-50,52-55H2,1-3H3,(H,61,64)/b12-9+,21-18+,33-27+,42-39+,51-48+. The predicted molar refractivity (Wildman–Crippen MR) is 287 cm³/mol. The molecule has 3 unspecified atom stereocenters. The fraction of sp³-hybridized carbons (Fsp3) is 0.800. The number of amides is 1. The van der Waals surface area contributed by atoms with E-state index in [0.29, 0.717) is 19.3 Å². The summed E-state index contributed by atoms with van der Waals surface area (Å²) in [6.45, 7) is 6.36. The van der Waals surface area contributed by atoms with Gasteiger partial charge >= 0.3 is 5.97 Å². The van der Waals surface area contributed by atoms with Crippen LogP contribution in [-0.4, -0.2) is 46.9 Å².